The second-order valence-electron chi connectivity index (χ2n) is 17.2. The number of fused-ring (bicyclic) bond motifs is 3. The molecule has 20 nitrogen and oxygen atoms in total. The quantitative estimate of drug-likeness (QED) is 0.0424. The zero-order valence-electron chi connectivity index (χ0n) is 37.3. The molecule has 0 saturated carbocycles. The molecule has 0 spiro atoms. The summed E-state index contributed by atoms with van der Waals surface area (Å²) in [6, 6.07) is 14.1. The number of hydrogen-bond acceptors (Lipinski definition) is 15. The minimum atomic E-state index is -4.90. The molecule has 1 aliphatic carbocycles. The molecular formula is C43H54N4O16S4. The van der Waals surface area contributed by atoms with Gasteiger partial charge in [0.2, 0.25) is 17.7 Å². The molecule has 0 saturated heterocycles. The van der Waals surface area contributed by atoms with Crippen LogP contribution in [-0.2, 0) is 58.2 Å². The molecule has 0 aliphatic heterocycles. The van der Waals surface area contributed by atoms with Crippen molar-refractivity contribution in [2.45, 2.75) is 102 Å². The first-order valence-electron chi connectivity index (χ1n) is 20.6. The number of carbonyl (C=O) groups excluding carboxylic acids is 5. The lowest BCUT2D eigenvalue weighted by atomic mass is 9.98. The molecule has 0 bridgehead atoms. The van der Waals surface area contributed by atoms with Crippen LogP contribution in [0.4, 0.5) is 4.79 Å². The lowest BCUT2D eigenvalue weighted by Gasteiger charge is -2.26. The van der Waals surface area contributed by atoms with Crippen LogP contribution in [0.3, 0.4) is 0 Å². The summed E-state index contributed by atoms with van der Waals surface area (Å²) in [6.45, 7) is 10.0. The molecule has 3 aromatic carbocycles. The molecule has 67 heavy (non-hydrogen) atoms. The number of rotatable bonds is 22. The van der Waals surface area contributed by atoms with Crippen LogP contribution in [0.25, 0.3) is 11.1 Å². The molecule has 3 aromatic rings. The molecule has 7 N–H and O–H groups in total. The van der Waals surface area contributed by atoms with Crippen molar-refractivity contribution in [3.05, 3.63) is 89.5 Å². The summed E-state index contributed by atoms with van der Waals surface area (Å²) in [5.74, 6) is -7.70. The van der Waals surface area contributed by atoms with E-state index in [1.807, 2.05) is 69.3 Å². The summed E-state index contributed by atoms with van der Waals surface area (Å²) in [6.07, 6.45) is -2.46. The van der Waals surface area contributed by atoms with Crippen molar-refractivity contribution < 1.29 is 74.0 Å². The van der Waals surface area contributed by atoms with E-state index in [4.69, 9.17) is 14.2 Å². The van der Waals surface area contributed by atoms with E-state index >= 15 is 0 Å². The Balaban J connectivity index is 1.55. The van der Waals surface area contributed by atoms with Crippen molar-refractivity contribution in [2.75, 3.05) is 18.1 Å². The molecule has 0 heterocycles. The molecule has 0 aromatic heterocycles. The fourth-order valence-corrected chi connectivity index (χ4v) is 9.61. The van der Waals surface area contributed by atoms with Gasteiger partial charge in [0.15, 0.2) is 0 Å². The third kappa shape index (κ3) is 18.3. The molecular weight excluding hydrogens is 957 g/mol. The smallest absolute Gasteiger partial charge is 0.407 e. The third-order valence-corrected chi connectivity index (χ3v) is 13.6. The summed E-state index contributed by atoms with van der Waals surface area (Å²) in [5.41, 5.74) is 2.54. The maximum Gasteiger partial charge on any atom is 0.407 e. The Hall–Kier alpha value is -5.40. The summed E-state index contributed by atoms with van der Waals surface area (Å²) in [7, 11) is -10.1. The van der Waals surface area contributed by atoms with Gasteiger partial charge in [0.25, 0.3) is 0 Å². The number of hydrogen-bond donors (Lipinski definition) is 7. The van der Waals surface area contributed by atoms with E-state index in [1.54, 1.807) is 45.0 Å². The summed E-state index contributed by atoms with van der Waals surface area (Å²) >= 11 is 0. The topological polar surface area (TPSA) is 307 Å². The number of ether oxygens (including phenoxy) is 3. The summed E-state index contributed by atoms with van der Waals surface area (Å²) < 4.78 is 82.8. The number of carboxylic acids is 1. The highest BCUT2D eigenvalue weighted by atomic mass is 33.2. The van der Waals surface area contributed by atoms with Crippen LogP contribution in [0.2, 0.25) is 0 Å². The van der Waals surface area contributed by atoms with Crippen molar-refractivity contribution in [3.8, 4) is 16.9 Å². The Kier molecular flexibility index (Phi) is 18.7. The first kappa shape index (κ1) is 54.2. The fourth-order valence-electron chi connectivity index (χ4n) is 6.68. The van der Waals surface area contributed by atoms with Gasteiger partial charge in [0.1, 0.15) is 47.7 Å². The van der Waals surface area contributed by atoms with Gasteiger partial charge in [-0.05, 0) is 110 Å². The van der Waals surface area contributed by atoms with Gasteiger partial charge in [-0.25, -0.2) is 9.59 Å². The molecule has 24 heteroatoms. The van der Waals surface area contributed by atoms with Crippen LogP contribution in [0.1, 0.15) is 77.0 Å². The van der Waals surface area contributed by atoms with Gasteiger partial charge in [0.05, 0.1) is 0 Å². The maximum atomic E-state index is 13.9. The Morgan fingerprint density at radius 2 is 1.10 bits per heavy atom. The second-order valence-corrected chi connectivity index (χ2v) is 23.9. The van der Waals surface area contributed by atoms with Crippen LogP contribution < -0.4 is 26.0 Å². The number of esters is 1. The number of alkyl carbamates (subject to hydrolysis) is 1. The van der Waals surface area contributed by atoms with Crippen molar-refractivity contribution in [1.29, 1.82) is 0 Å². The number of carbonyl (C=O) groups is 6. The standard InChI is InChI=1S/C43H54N4O16S4/c1-42(2,3)62-26-17-15-25(16-18-26)21-33(40(52)53)45-37(49)32(19-20-36(48)63-43(4,5)6)44-38(50)34(23-64-66(55,56)57)46-39(51)35(24-65-67(58,59)60)47-41(54)61-22-31-29-13-9-7-11-27(29)28-12-8-10-14-30(28)31/h7-18,31-35H,19-24H2,1-6H3,(H,44,50)(H,45,49)(H,46,51)(H,47,54)(H,52,53)(H,55,56,57)(H,58,59,60)/t32-,33-,34-,35-/m0/s1. The van der Waals surface area contributed by atoms with Gasteiger partial charge in [-0.3, -0.25) is 28.3 Å². The first-order chi connectivity index (χ1) is 31.1. The molecule has 366 valence electrons. The molecule has 0 fully saturated rings. The minimum absolute atomic E-state index is 0.167. The lowest BCUT2D eigenvalue weighted by molar-refractivity contribution is -0.155. The van der Waals surface area contributed by atoms with E-state index < -0.39 is 120 Å². The Labute approximate surface area is 395 Å². The van der Waals surface area contributed by atoms with Crippen LogP contribution in [0, 0.1) is 0 Å². The van der Waals surface area contributed by atoms with Crippen molar-refractivity contribution in [3.63, 3.8) is 0 Å². The molecule has 1 aliphatic rings. The van der Waals surface area contributed by atoms with E-state index in [0.717, 1.165) is 22.3 Å². The number of carboxylic acid groups (broad SMARTS) is 1. The predicted molar refractivity (Wildman–Crippen MR) is 249 cm³/mol. The van der Waals surface area contributed by atoms with Crippen molar-refractivity contribution >= 4 is 75.6 Å². The summed E-state index contributed by atoms with van der Waals surface area (Å²) in [5, 5.41) is 19.1. The number of aliphatic carboxylic acids is 1. The molecule has 0 unspecified atom stereocenters. The van der Waals surface area contributed by atoms with Gasteiger partial charge in [-0.15, -0.1) is 0 Å². The van der Waals surface area contributed by atoms with Gasteiger partial charge in [-0.2, -0.15) is 16.8 Å². The van der Waals surface area contributed by atoms with Crippen LogP contribution in [-0.4, -0.2) is 120 Å². The van der Waals surface area contributed by atoms with Gasteiger partial charge in [-0.1, -0.05) is 60.7 Å². The highest BCUT2D eigenvalue weighted by Gasteiger charge is 2.35. The second kappa shape index (κ2) is 23.1. The monoisotopic (exact) mass is 1010 g/mol. The van der Waals surface area contributed by atoms with Crippen LogP contribution in [0.5, 0.6) is 5.75 Å². The average molecular weight is 1010 g/mol. The Morgan fingerprint density at radius 3 is 1.58 bits per heavy atom. The summed E-state index contributed by atoms with van der Waals surface area (Å²) in [4.78, 5) is 79.9. The highest BCUT2D eigenvalue weighted by molar-refractivity contribution is 8.70. The number of amides is 4. The molecule has 0 radical (unpaired) electrons. The third-order valence-electron chi connectivity index (χ3n) is 9.44. The SMILES string of the molecule is CC(C)(C)OC(=O)CC[C@H](NC(=O)[C@H](CSS(=O)(=O)O)NC(=O)[C@H](CSS(=O)(=O)O)NC(=O)OCC1c2ccccc2-c2ccccc21)C(=O)N[C@@H](Cc1ccc(OC(C)(C)C)cc1)C(=O)O. The Bertz CT molecular complexity index is 2460. The van der Waals surface area contributed by atoms with E-state index in [9.17, 15) is 59.8 Å². The maximum absolute atomic E-state index is 13.9. The zero-order chi connectivity index (χ0) is 49.9. The van der Waals surface area contributed by atoms with Gasteiger partial charge in [0, 0.05) is 30.3 Å². The zero-order valence-corrected chi connectivity index (χ0v) is 40.6. The minimum Gasteiger partial charge on any atom is -0.488 e. The van der Waals surface area contributed by atoms with E-state index in [2.05, 4.69) is 21.3 Å². The fraction of sp³-hybridized carbons (Fsp3) is 0.442. The van der Waals surface area contributed by atoms with Crippen LogP contribution in [0.15, 0.2) is 72.8 Å². The number of benzene rings is 3. The van der Waals surface area contributed by atoms with Crippen molar-refractivity contribution in [2.24, 2.45) is 0 Å². The van der Waals surface area contributed by atoms with E-state index in [-0.39, 0.29) is 34.6 Å². The molecule has 4 amide bonds. The van der Waals surface area contributed by atoms with Crippen molar-refractivity contribution in [1.82, 2.24) is 21.3 Å². The first-order valence-corrected chi connectivity index (χ1v) is 26.4. The highest BCUT2D eigenvalue weighted by Crippen LogP contribution is 2.44. The normalized spacial score (nSPS) is 14.5. The van der Waals surface area contributed by atoms with Gasteiger partial charge >= 0.3 is 36.3 Å². The van der Waals surface area contributed by atoms with Crippen LogP contribution >= 0.6 is 21.6 Å². The lowest BCUT2D eigenvalue weighted by Crippen LogP contribution is -2.59. The largest absolute Gasteiger partial charge is 0.488 e. The van der Waals surface area contributed by atoms with E-state index in [0.29, 0.717) is 11.3 Å². The molecule has 4 rings (SSSR count). The van der Waals surface area contributed by atoms with E-state index in [1.165, 1.54) is 0 Å². The Morgan fingerprint density at radius 1 is 0.642 bits per heavy atom. The average Bonchev–Trinajstić information content (AvgIpc) is 3.53. The predicted octanol–water partition coefficient (Wildman–Crippen LogP) is 4.05. The van der Waals surface area contributed by atoms with Gasteiger partial charge < -0.3 is 40.6 Å². The molecule has 4 atom stereocenters. The number of nitrogens with one attached hydrogen (secondary N) is 4.